The Morgan fingerprint density at radius 2 is 2.12 bits per heavy atom. The molecule has 2 aromatic rings. The Bertz CT molecular complexity index is 413. The molecule has 8 heteroatoms. The molecule has 0 aliphatic carbocycles. The second kappa shape index (κ2) is 5.65. The van der Waals surface area contributed by atoms with Gasteiger partial charge < -0.3 is 4.52 Å². The minimum Gasteiger partial charge on any atom is -0.338 e. The fourth-order valence-electron chi connectivity index (χ4n) is 0.954. The molecule has 0 atom stereocenters. The van der Waals surface area contributed by atoms with Crippen LogP contribution in [0.5, 0.6) is 0 Å². The summed E-state index contributed by atoms with van der Waals surface area (Å²) < 4.78 is 6.99. The van der Waals surface area contributed by atoms with Crippen LogP contribution in [0.4, 0.5) is 0 Å². The zero-order chi connectivity index (χ0) is 11.4. The van der Waals surface area contributed by atoms with Gasteiger partial charge in [0.2, 0.25) is 5.89 Å². The second-order valence-electron chi connectivity index (χ2n) is 2.78. The summed E-state index contributed by atoms with van der Waals surface area (Å²) in [4.78, 5) is 4.22. The van der Waals surface area contributed by atoms with E-state index >= 15 is 0 Å². The van der Waals surface area contributed by atoms with Gasteiger partial charge in [0, 0.05) is 6.42 Å². The molecule has 0 N–H and O–H groups in total. The van der Waals surface area contributed by atoms with Crippen LogP contribution in [0.15, 0.2) is 13.2 Å². The summed E-state index contributed by atoms with van der Waals surface area (Å²) >= 11 is 4.75. The van der Waals surface area contributed by atoms with Crippen molar-refractivity contribution in [3.63, 3.8) is 0 Å². The van der Waals surface area contributed by atoms with Crippen molar-refractivity contribution in [2.45, 2.75) is 27.8 Å². The van der Waals surface area contributed by atoms with Crippen molar-refractivity contribution in [2.75, 3.05) is 6.26 Å². The maximum absolute atomic E-state index is 5.08. The first-order valence-electron chi connectivity index (χ1n) is 4.63. The molecule has 0 aliphatic heterocycles. The van der Waals surface area contributed by atoms with E-state index in [4.69, 9.17) is 4.52 Å². The van der Waals surface area contributed by atoms with Crippen LogP contribution in [0.3, 0.4) is 0 Å². The van der Waals surface area contributed by atoms with Crippen molar-refractivity contribution in [3.8, 4) is 0 Å². The lowest BCUT2D eigenvalue weighted by molar-refractivity contribution is 0.385. The van der Waals surface area contributed by atoms with Gasteiger partial charge in [-0.1, -0.05) is 46.9 Å². The van der Waals surface area contributed by atoms with Crippen molar-refractivity contribution in [1.82, 2.24) is 20.3 Å². The fraction of sp³-hybridized carbons (Fsp3) is 0.500. The minimum atomic E-state index is 0.641. The molecule has 0 saturated carbocycles. The van der Waals surface area contributed by atoms with E-state index in [9.17, 15) is 0 Å². The van der Waals surface area contributed by atoms with Gasteiger partial charge in [-0.3, -0.25) is 0 Å². The highest BCUT2D eigenvalue weighted by molar-refractivity contribution is 8.02. The fourth-order valence-corrected chi connectivity index (χ4v) is 3.23. The summed E-state index contributed by atoms with van der Waals surface area (Å²) in [5.41, 5.74) is 0. The third-order valence-electron chi connectivity index (χ3n) is 1.71. The molecule has 16 heavy (non-hydrogen) atoms. The molecule has 0 fully saturated rings. The van der Waals surface area contributed by atoms with Crippen molar-refractivity contribution in [3.05, 3.63) is 11.7 Å². The Morgan fingerprint density at radius 3 is 2.75 bits per heavy atom. The molecule has 5 nitrogen and oxygen atoms in total. The molecule has 86 valence electrons. The number of aromatic nitrogens is 4. The molecule has 0 amide bonds. The van der Waals surface area contributed by atoms with E-state index in [0.717, 1.165) is 20.9 Å². The van der Waals surface area contributed by atoms with E-state index in [1.54, 1.807) is 34.9 Å². The smallest absolute Gasteiger partial charge is 0.237 e. The molecule has 0 radical (unpaired) electrons. The van der Waals surface area contributed by atoms with Gasteiger partial charge in [0.1, 0.15) is 0 Å². The number of rotatable bonds is 5. The largest absolute Gasteiger partial charge is 0.338 e. The van der Waals surface area contributed by atoms with Gasteiger partial charge in [0.15, 0.2) is 14.5 Å². The van der Waals surface area contributed by atoms with Crippen LogP contribution in [0.25, 0.3) is 0 Å². The lowest BCUT2D eigenvalue weighted by Gasteiger charge is -1.88. The van der Waals surface area contributed by atoms with Crippen LogP contribution in [0.2, 0.25) is 0 Å². The Kier molecular flexibility index (Phi) is 4.19. The van der Waals surface area contributed by atoms with E-state index in [2.05, 4.69) is 20.3 Å². The molecule has 2 rings (SSSR count). The van der Waals surface area contributed by atoms with Crippen molar-refractivity contribution < 1.29 is 4.52 Å². The Labute approximate surface area is 105 Å². The molecular formula is C8H10N4OS3. The molecule has 0 bridgehead atoms. The van der Waals surface area contributed by atoms with Crippen LogP contribution in [0.1, 0.15) is 18.6 Å². The number of nitrogens with zero attached hydrogens (tertiary/aromatic N) is 4. The van der Waals surface area contributed by atoms with Gasteiger partial charge in [-0.15, -0.1) is 10.2 Å². The summed E-state index contributed by atoms with van der Waals surface area (Å²) in [6.07, 6.45) is 2.78. The average Bonchev–Trinajstić information content (AvgIpc) is 2.95. The predicted octanol–water partition coefficient (Wildman–Crippen LogP) is 2.50. The first kappa shape index (κ1) is 11.9. The number of hydrogen-bond donors (Lipinski definition) is 0. The van der Waals surface area contributed by atoms with Crippen LogP contribution in [-0.2, 0) is 12.2 Å². The summed E-state index contributed by atoms with van der Waals surface area (Å²) in [5, 5.41) is 11.9. The predicted molar refractivity (Wildman–Crippen MR) is 64.9 cm³/mol. The Balaban J connectivity index is 1.91. The second-order valence-corrected chi connectivity index (χ2v) is 6.04. The standard InChI is InChI=1S/C8H10N4OS3/c1-3-5-9-6(13-12-5)4-15-8-11-10-7(14-2)16-8/h3-4H2,1-2H3. The molecular weight excluding hydrogens is 264 g/mol. The summed E-state index contributed by atoms with van der Waals surface area (Å²) in [6, 6.07) is 0. The molecule has 0 aliphatic rings. The normalized spacial score (nSPS) is 10.9. The summed E-state index contributed by atoms with van der Waals surface area (Å²) in [7, 11) is 0. The molecule has 0 aromatic carbocycles. The van der Waals surface area contributed by atoms with Crippen molar-refractivity contribution >= 4 is 34.9 Å². The van der Waals surface area contributed by atoms with E-state index in [1.165, 1.54) is 0 Å². The first-order chi connectivity index (χ1) is 7.81. The lowest BCUT2D eigenvalue weighted by atomic mass is 10.5. The van der Waals surface area contributed by atoms with Crippen LogP contribution < -0.4 is 0 Å². The molecule has 0 unspecified atom stereocenters. The SMILES string of the molecule is CCc1noc(CSc2nnc(SC)s2)n1. The van der Waals surface area contributed by atoms with Crippen molar-refractivity contribution in [2.24, 2.45) is 0 Å². The maximum atomic E-state index is 5.08. The molecule has 2 aromatic heterocycles. The highest BCUT2D eigenvalue weighted by Gasteiger charge is 2.08. The molecule has 0 saturated heterocycles. The third-order valence-corrected chi connectivity index (χ3v) is 4.72. The van der Waals surface area contributed by atoms with Crippen LogP contribution in [0, 0.1) is 0 Å². The van der Waals surface area contributed by atoms with Gasteiger partial charge in [-0.25, -0.2) is 0 Å². The number of aryl methyl sites for hydroxylation is 1. The maximum Gasteiger partial charge on any atom is 0.237 e. The average molecular weight is 274 g/mol. The summed E-state index contributed by atoms with van der Waals surface area (Å²) in [5.74, 6) is 2.04. The monoisotopic (exact) mass is 274 g/mol. The topological polar surface area (TPSA) is 64.7 Å². The third kappa shape index (κ3) is 2.96. The first-order valence-corrected chi connectivity index (χ1v) is 7.66. The number of hydrogen-bond acceptors (Lipinski definition) is 8. The number of thioether (sulfide) groups is 2. The van der Waals surface area contributed by atoms with Gasteiger partial charge >= 0.3 is 0 Å². The highest BCUT2D eigenvalue weighted by atomic mass is 32.2. The zero-order valence-electron chi connectivity index (χ0n) is 8.84. The lowest BCUT2D eigenvalue weighted by Crippen LogP contribution is -1.83. The quantitative estimate of drug-likeness (QED) is 0.776. The van der Waals surface area contributed by atoms with E-state index in [-0.39, 0.29) is 0 Å². The van der Waals surface area contributed by atoms with Gasteiger partial charge in [-0.2, -0.15) is 4.98 Å². The molecule has 2 heterocycles. The van der Waals surface area contributed by atoms with Crippen LogP contribution in [-0.4, -0.2) is 26.6 Å². The van der Waals surface area contributed by atoms with Gasteiger partial charge in [0.05, 0.1) is 5.75 Å². The van der Waals surface area contributed by atoms with Crippen molar-refractivity contribution in [1.29, 1.82) is 0 Å². The van der Waals surface area contributed by atoms with E-state index in [0.29, 0.717) is 11.6 Å². The Hall–Kier alpha value is -0.600. The zero-order valence-corrected chi connectivity index (χ0v) is 11.3. The van der Waals surface area contributed by atoms with Crippen LogP contribution >= 0.6 is 34.9 Å². The molecule has 0 spiro atoms. The van der Waals surface area contributed by atoms with Gasteiger partial charge in [0.25, 0.3) is 0 Å². The van der Waals surface area contributed by atoms with E-state index in [1.807, 2.05) is 13.2 Å². The Morgan fingerprint density at radius 1 is 1.31 bits per heavy atom. The van der Waals surface area contributed by atoms with E-state index < -0.39 is 0 Å². The summed E-state index contributed by atoms with van der Waals surface area (Å²) in [6.45, 7) is 2.00. The van der Waals surface area contributed by atoms with Gasteiger partial charge in [-0.05, 0) is 6.26 Å². The minimum absolute atomic E-state index is 0.641. The highest BCUT2D eigenvalue weighted by Crippen LogP contribution is 2.29.